The van der Waals surface area contributed by atoms with Gasteiger partial charge >= 0.3 is 5.97 Å². The number of aromatic carboxylic acids is 1. The van der Waals surface area contributed by atoms with Crippen LogP contribution in [0.4, 0.5) is 0 Å². The zero-order chi connectivity index (χ0) is 18.6. The van der Waals surface area contributed by atoms with Crippen molar-refractivity contribution in [1.29, 1.82) is 0 Å². The maximum Gasteiger partial charge on any atom is 0.335 e. The summed E-state index contributed by atoms with van der Waals surface area (Å²) in [6.45, 7) is 0. The van der Waals surface area contributed by atoms with E-state index in [9.17, 15) is 4.79 Å². The second-order valence-electron chi connectivity index (χ2n) is 7.23. The van der Waals surface area contributed by atoms with Crippen LogP contribution in [0.5, 0.6) is 5.75 Å². The van der Waals surface area contributed by atoms with Crippen LogP contribution in [0.25, 0.3) is 0 Å². The summed E-state index contributed by atoms with van der Waals surface area (Å²) in [6, 6.07) is 16.7. The first-order chi connectivity index (χ1) is 13.2. The summed E-state index contributed by atoms with van der Waals surface area (Å²) in [4.78, 5) is 16.4. The fourth-order valence-corrected chi connectivity index (χ4v) is 4.19. The van der Waals surface area contributed by atoms with Gasteiger partial charge in [-0.3, -0.25) is 0 Å². The number of hydrogen-bond acceptors (Lipinski definition) is 4. The summed E-state index contributed by atoms with van der Waals surface area (Å²) in [7, 11) is 0. The largest absolute Gasteiger partial charge is 0.478 e. The van der Waals surface area contributed by atoms with Crippen molar-refractivity contribution in [1.82, 2.24) is 0 Å². The van der Waals surface area contributed by atoms with Crippen molar-refractivity contribution in [2.75, 3.05) is 0 Å². The molecule has 2 heterocycles. The number of oxime groups is 1. The normalized spacial score (nSPS) is 26.5. The van der Waals surface area contributed by atoms with Gasteiger partial charge in [-0.15, -0.1) is 0 Å². The van der Waals surface area contributed by atoms with Gasteiger partial charge in [0.1, 0.15) is 0 Å². The van der Waals surface area contributed by atoms with Crippen molar-refractivity contribution < 1.29 is 19.5 Å². The van der Waals surface area contributed by atoms with Crippen molar-refractivity contribution in [2.45, 2.75) is 37.9 Å². The van der Waals surface area contributed by atoms with Crippen molar-refractivity contribution >= 4 is 12.2 Å². The lowest BCUT2D eigenvalue weighted by molar-refractivity contribution is 0.0697. The number of carboxylic acid groups (broad SMARTS) is 1. The molecule has 1 N–H and O–H groups in total. The number of fused-ring (bicyclic) bond motifs is 2. The minimum atomic E-state index is -0.891. The van der Waals surface area contributed by atoms with E-state index in [0.717, 1.165) is 37.0 Å². The van der Waals surface area contributed by atoms with Crippen LogP contribution >= 0.6 is 0 Å². The third-order valence-corrected chi connectivity index (χ3v) is 5.59. The summed E-state index contributed by atoms with van der Waals surface area (Å²) in [6.07, 6.45) is 6.53. The number of carbonyl (C=O) groups is 1. The maximum absolute atomic E-state index is 11.0. The SMILES string of the molecule is O=C(O)c1ccc(CC[C@H]2[C@@H](C=NOc3ccccc3)[C@H]3CC[C@@H]2O3)cc1. The number of aryl methyl sites for hydroxylation is 1. The van der Waals surface area contributed by atoms with Crippen LogP contribution in [-0.4, -0.2) is 29.5 Å². The summed E-state index contributed by atoms with van der Waals surface area (Å²) in [5.74, 6) is 0.530. The highest BCUT2D eigenvalue weighted by Crippen LogP contribution is 2.44. The van der Waals surface area contributed by atoms with Gasteiger partial charge in [-0.05, 0) is 61.4 Å². The van der Waals surface area contributed by atoms with E-state index in [0.29, 0.717) is 17.6 Å². The molecule has 0 amide bonds. The molecule has 4 atom stereocenters. The number of ether oxygens (including phenoxy) is 1. The second-order valence-corrected chi connectivity index (χ2v) is 7.23. The molecule has 5 heteroatoms. The van der Waals surface area contributed by atoms with E-state index in [4.69, 9.17) is 14.7 Å². The number of benzene rings is 2. The van der Waals surface area contributed by atoms with Gasteiger partial charge in [-0.2, -0.15) is 0 Å². The van der Waals surface area contributed by atoms with E-state index >= 15 is 0 Å². The Morgan fingerprint density at radius 3 is 2.59 bits per heavy atom. The average Bonchev–Trinajstić information content (AvgIpc) is 3.29. The van der Waals surface area contributed by atoms with E-state index < -0.39 is 5.97 Å². The molecule has 2 saturated heterocycles. The highest BCUT2D eigenvalue weighted by molar-refractivity contribution is 5.87. The van der Waals surface area contributed by atoms with Crippen molar-refractivity contribution in [3.8, 4) is 5.75 Å². The molecule has 2 aromatic rings. The van der Waals surface area contributed by atoms with Crippen LogP contribution < -0.4 is 4.84 Å². The zero-order valence-electron chi connectivity index (χ0n) is 15.0. The molecule has 0 aromatic heterocycles. The Bertz CT molecular complexity index is 803. The molecule has 5 nitrogen and oxygen atoms in total. The number of nitrogens with zero attached hydrogens (tertiary/aromatic N) is 1. The highest BCUT2D eigenvalue weighted by atomic mass is 16.6. The Labute approximate surface area is 158 Å². The first kappa shape index (κ1) is 17.7. The first-order valence-electron chi connectivity index (χ1n) is 9.44. The first-order valence-corrected chi connectivity index (χ1v) is 9.44. The van der Waals surface area contributed by atoms with Gasteiger partial charge in [-0.1, -0.05) is 35.5 Å². The topological polar surface area (TPSA) is 68.1 Å². The molecule has 2 aliphatic rings. The van der Waals surface area contributed by atoms with Crippen LogP contribution in [-0.2, 0) is 11.2 Å². The summed E-state index contributed by atoms with van der Waals surface area (Å²) in [5.41, 5.74) is 1.48. The van der Waals surface area contributed by atoms with E-state index in [2.05, 4.69) is 5.16 Å². The quantitative estimate of drug-likeness (QED) is 0.590. The van der Waals surface area contributed by atoms with Gasteiger partial charge in [0.2, 0.25) is 0 Å². The number of hydrogen-bond donors (Lipinski definition) is 1. The fourth-order valence-electron chi connectivity index (χ4n) is 4.19. The molecule has 140 valence electrons. The van der Waals surface area contributed by atoms with Gasteiger partial charge in [-0.25, -0.2) is 4.79 Å². The third kappa shape index (κ3) is 4.03. The number of rotatable bonds is 7. The lowest BCUT2D eigenvalue weighted by Gasteiger charge is -2.24. The molecule has 0 saturated carbocycles. The zero-order valence-corrected chi connectivity index (χ0v) is 15.0. The molecule has 0 unspecified atom stereocenters. The molecule has 2 aliphatic heterocycles. The van der Waals surface area contributed by atoms with E-state index in [1.54, 1.807) is 12.1 Å². The molecule has 0 aliphatic carbocycles. The molecule has 2 fully saturated rings. The monoisotopic (exact) mass is 365 g/mol. The number of para-hydroxylation sites is 1. The van der Waals surface area contributed by atoms with Gasteiger partial charge < -0.3 is 14.7 Å². The van der Waals surface area contributed by atoms with Gasteiger partial charge in [0.25, 0.3) is 0 Å². The predicted octanol–water partition coefficient (Wildman–Crippen LogP) is 4.18. The van der Waals surface area contributed by atoms with Crippen molar-refractivity contribution in [2.24, 2.45) is 17.0 Å². The van der Waals surface area contributed by atoms with E-state index in [-0.39, 0.29) is 12.0 Å². The molecular formula is C22H23NO4. The lowest BCUT2D eigenvalue weighted by atomic mass is 9.77. The van der Waals surface area contributed by atoms with Crippen LogP contribution in [0, 0.1) is 11.8 Å². The summed E-state index contributed by atoms with van der Waals surface area (Å²) >= 11 is 0. The van der Waals surface area contributed by atoms with Crippen LogP contribution in [0.1, 0.15) is 35.2 Å². The standard InChI is InChI=1S/C22H23NO4/c24-22(25)16-9-6-15(7-10-16)8-11-18-19(21-13-12-20(18)26-21)14-23-27-17-4-2-1-3-5-17/h1-7,9-10,14,18-21H,8,11-13H2,(H,24,25)/t18-,19+,20-,21+/m0/s1. The molecule has 0 radical (unpaired) electrons. The maximum atomic E-state index is 11.0. The van der Waals surface area contributed by atoms with Crippen molar-refractivity contribution in [3.05, 3.63) is 65.7 Å². The van der Waals surface area contributed by atoms with E-state index in [1.807, 2.05) is 48.7 Å². The highest BCUT2D eigenvalue weighted by Gasteiger charge is 2.47. The van der Waals surface area contributed by atoms with Crippen LogP contribution in [0.3, 0.4) is 0 Å². The minimum Gasteiger partial charge on any atom is -0.478 e. The van der Waals surface area contributed by atoms with Gasteiger partial charge in [0.15, 0.2) is 5.75 Å². The van der Waals surface area contributed by atoms with Crippen LogP contribution in [0.2, 0.25) is 0 Å². The summed E-state index contributed by atoms with van der Waals surface area (Å²) < 4.78 is 6.11. The van der Waals surface area contributed by atoms with Crippen molar-refractivity contribution in [3.63, 3.8) is 0 Å². The Kier molecular flexibility index (Phi) is 5.21. The molecule has 2 aromatic carbocycles. The Balaban J connectivity index is 1.37. The predicted molar refractivity (Wildman–Crippen MR) is 102 cm³/mol. The van der Waals surface area contributed by atoms with E-state index in [1.165, 1.54) is 0 Å². The smallest absolute Gasteiger partial charge is 0.335 e. The minimum absolute atomic E-state index is 0.234. The second kappa shape index (κ2) is 7.92. The molecular weight excluding hydrogens is 342 g/mol. The number of carboxylic acids is 1. The summed E-state index contributed by atoms with van der Waals surface area (Å²) in [5, 5.41) is 13.2. The van der Waals surface area contributed by atoms with Gasteiger partial charge in [0, 0.05) is 5.92 Å². The fraction of sp³-hybridized carbons (Fsp3) is 0.364. The van der Waals surface area contributed by atoms with Crippen LogP contribution in [0.15, 0.2) is 59.8 Å². The van der Waals surface area contributed by atoms with Gasteiger partial charge in [0.05, 0.1) is 24.0 Å². The molecule has 4 rings (SSSR count). The molecule has 0 spiro atoms. The Morgan fingerprint density at radius 1 is 1.11 bits per heavy atom. The Hall–Kier alpha value is -2.66. The average molecular weight is 365 g/mol. The molecule has 27 heavy (non-hydrogen) atoms. The third-order valence-electron chi connectivity index (χ3n) is 5.59. The lowest BCUT2D eigenvalue weighted by Crippen LogP contribution is -2.29. The molecule has 2 bridgehead atoms. The Morgan fingerprint density at radius 2 is 1.85 bits per heavy atom.